The van der Waals surface area contributed by atoms with E-state index in [2.05, 4.69) is 0 Å². The van der Waals surface area contributed by atoms with Gasteiger partial charge in [0.2, 0.25) is 0 Å². The fourth-order valence-electron chi connectivity index (χ4n) is 1.50. The Morgan fingerprint density at radius 2 is 1.67 bits per heavy atom. The quantitative estimate of drug-likeness (QED) is 0.844. The third-order valence-electron chi connectivity index (χ3n) is 2.59. The van der Waals surface area contributed by atoms with Crippen LogP contribution in [0.3, 0.4) is 0 Å². The molecule has 1 rings (SSSR count). The summed E-state index contributed by atoms with van der Waals surface area (Å²) in [5.74, 6) is 0. The highest BCUT2D eigenvalue weighted by molar-refractivity contribution is 5.58. The number of nitrogen functional groups attached to an aromatic ring is 1. The van der Waals surface area contributed by atoms with Gasteiger partial charge in [-0.15, -0.1) is 0 Å². The fourth-order valence-corrected chi connectivity index (χ4v) is 1.50. The maximum absolute atomic E-state index is 12.6. The Hall–Kier alpha value is -1.43. The molecule has 0 spiro atoms. The molecule has 0 fully saturated rings. The van der Waals surface area contributed by atoms with Crippen molar-refractivity contribution in [3.8, 4) is 0 Å². The number of alkyl halides is 3. The topological polar surface area (TPSA) is 32.5 Å². The summed E-state index contributed by atoms with van der Waals surface area (Å²) >= 11 is 0. The van der Waals surface area contributed by atoms with Crippen LogP contribution in [0.5, 0.6) is 0 Å². The summed E-state index contributed by atoms with van der Waals surface area (Å²) in [6, 6.07) is 3.61. The molecular weight excluding hydrogens is 243 g/mol. The predicted molar refractivity (Wildman–Crippen MR) is 67.7 cm³/mol. The van der Waals surface area contributed by atoms with Crippen molar-refractivity contribution in [2.24, 2.45) is 0 Å². The van der Waals surface area contributed by atoms with Crippen LogP contribution in [0.4, 0.5) is 24.5 Å². The molecule has 0 aliphatic carbocycles. The normalized spacial score (nSPS) is 11.9. The predicted octanol–water partition coefficient (Wildman–Crippen LogP) is 2.29. The number of anilines is 2. The lowest BCUT2D eigenvalue weighted by Crippen LogP contribution is -2.28. The van der Waals surface area contributed by atoms with Gasteiger partial charge in [-0.3, -0.25) is 0 Å². The first-order chi connectivity index (χ1) is 8.20. The largest absolute Gasteiger partial charge is 0.416 e. The molecule has 6 heteroatoms. The van der Waals surface area contributed by atoms with Crippen LogP contribution in [-0.4, -0.2) is 39.1 Å². The zero-order valence-corrected chi connectivity index (χ0v) is 10.8. The molecule has 0 atom stereocenters. The van der Waals surface area contributed by atoms with Crippen LogP contribution in [0.1, 0.15) is 5.56 Å². The second kappa shape index (κ2) is 5.48. The first kappa shape index (κ1) is 14.6. The molecule has 3 nitrogen and oxygen atoms in total. The lowest BCUT2D eigenvalue weighted by molar-refractivity contribution is -0.137. The van der Waals surface area contributed by atoms with Crippen molar-refractivity contribution in [1.82, 2.24) is 4.90 Å². The van der Waals surface area contributed by atoms with E-state index in [1.807, 2.05) is 19.0 Å². The molecule has 0 heterocycles. The molecule has 0 aliphatic heterocycles. The molecule has 1 aromatic rings. The molecule has 102 valence electrons. The molecule has 18 heavy (non-hydrogen) atoms. The molecular formula is C12H18F3N3. The van der Waals surface area contributed by atoms with E-state index in [-0.39, 0.29) is 5.69 Å². The molecule has 0 aromatic heterocycles. The molecule has 0 saturated carbocycles. The second-order valence-corrected chi connectivity index (χ2v) is 4.54. The van der Waals surface area contributed by atoms with Gasteiger partial charge in [0.1, 0.15) is 0 Å². The van der Waals surface area contributed by atoms with Crippen LogP contribution < -0.4 is 10.6 Å². The minimum absolute atomic E-state index is 0.122. The van der Waals surface area contributed by atoms with Crippen molar-refractivity contribution in [3.05, 3.63) is 23.8 Å². The third kappa shape index (κ3) is 4.10. The van der Waals surface area contributed by atoms with Crippen molar-refractivity contribution >= 4 is 11.4 Å². The van der Waals surface area contributed by atoms with Crippen molar-refractivity contribution in [2.45, 2.75) is 6.18 Å². The summed E-state index contributed by atoms with van der Waals surface area (Å²) < 4.78 is 37.9. The van der Waals surface area contributed by atoms with Crippen LogP contribution >= 0.6 is 0 Å². The number of rotatable bonds is 4. The number of hydrogen-bond acceptors (Lipinski definition) is 3. The number of nitrogens with zero attached hydrogens (tertiary/aromatic N) is 2. The van der Waals surface area contributed by atoms with Crippen molar-refractivity contribution < 1.29 is 13.2 Å². The molecule has 2 N–H and O–H groups in total. The smallest absolute Gasteiger partial charge is 0.399 e. The molecule has 0 unspecified atom stereocenters. The maximum atomic E-state index is 12.6. The number of benzene rings is 1. The zero-order valence-electron chi connectivity index (χ0n) is 10.8. The molecule has 1 aromatic carbocycles. The summed E-state index contributed by atoms with van der Waals surface area (Å²) in [6.07, 6.45) is -4.37. The zero-order chi connectivity index (χ0) is 13.9. The third-order valence-corrected chi connectivity index (χ3v) is 2.59. The number of halogens is 3. The van der Waals surface area contributed by atoms with Crippen LogP contribution in [-0.2, 0) is 6.18 Å². The van der Waals surface area contributed by atoms with Crippen molar-refractivity contribution in [3.63, 3.8) is 0 Å². The molecule has 0 radical (unpaired) electrons. The highest BCUT2D eigenvalue weighted by Crippen LogP contribution is 2.33. The van der Waals surface area contributed by atoms with Crippen LogP contribution in [0.2, 0.25) is 0 Å². The van der Waals surface area contributed by atoms with Crippen molar-refractivity contribution in [1.29, 1.82) is 0 Å². The summed E-state index contributed by atoms with van der Waals surface area (Å²) in [4.78, 5) is 3.72. The van der Waals surface area contributed by atoms with Gasteiger partial charge in [0.15, 0.2) is 0 Å². The van der Waals surface area contributed by atoms with E-state index in [9.17, 15) is 13.2 Å². The minimum atomic E-state index is -4.37. The fraction of sp³-hybridized carbons (Fsp3) is 0.500. The summed E-state index contributed by atoms with van der Waals surface area (Å²) in [6.45, 7) is 1.39. The van der Waals surface area contributed by atoms with Crippen LogP contribution in [0.25, 0.3) is 0 Å². The van der Waals surface area contributed by atoms with Crippen molar-refractivity contribution in [2.75, 3.05) is 44.9 Å². The van der Waals surface area contributed by atoms with Gasteiger partial charge in [-0.05, 0) is 32.3 Å². The number of nitrogens with two attached hydrogens (primary N) is 1. The van der Waals surface area contributed by atoms with E-state index in [0.29, 0.717) is 12.2 Å². The van der Waals surface area contributed by atoms with E-state index >= 15 is 0 Å². The Morgan fingerprint density at radius 3 is 2.17 bits per heavy atom. The Kier molecular flexibility index (Phi) is 4.45. The summed E-state index contributed by atoms with van der Waals surface area (Å²) in [5, 5.41) is 0. The van der Waals surface area contributed by atoms with Gasteiger partial charge in [0.05, 0.1) is 5.56 Å². The van der Waals surface area contributed by atoms with E-state index in [0.717, 1.165) is 18.7 Å². The number of hydrogen-bond donors (Lipinski definition) is 1. The maximum Gasteiger partial charge on any atom is 0.416 e. The van der Waals surface area contributed by atoms with Crippen LogP contribution in [0, 0.1) is 0 Å². The Morgan fingerprint density at radius 1 is 1.06 bits per heavy atom. The summed E-state index contributed by atoms with van der Waals surface area (Å²) in [5.41, 5.74) is 5.40. The van der Waals surface area contributed by atoms with E-state index in [1.165, 1.54) is 0 Å². The average Bonchev–Trinajstić information content (AvgIpc) is 2.23. The molecule has 0 aliphatic rings. The Bertz CT molecular complexity index is 402. The van der Waals surface area contributed by atoms with E-state index in [4.69, 9.17) is 5.73 Å². The van der Waals surface area contributed by atoms with Gasteiger partial charge in [-0.1, -0.05) is 0 Å². The minimum Gasteiger partial charge on any atom is -0.399 e. The van der Waals surface area contributed by atoms with Gasteiger partial charge in [0, 0.05) is 31.5 Å². The van der Waals surface area contributed by atoms with Crippen LogP contribution in [0.15, 0.2) is 18.2 Å². The lowest BCUT2D eigenvalue weighted by Gasteiger charge is -2.23. The Labute approximate surface area is 105 Å². The molecule has 0 amide bonds. The SMILES string of the molecule is CN(C)CCN(C)c1cc(N)cc(C(F)(F)F)c1. The van der Waals surface area contributed by atoms with Gasteiger partial charge in [0.25, 0.3) is 0 Å². The highest BCUT2D eigenvalue weighted by Gasteiger charge is 2.31. The first-order valence-electron chi connectivity index (χ1n) is 5.54. The average molecular weight is 261 g/mol. The summed E-state index contributed by atoms with van der Waals surface area (Å²) in [7, 11) is 5.57. The lowest BCUT2D eigenvalue weighted by atomic mass is 10.1. The van der Waals surface area contributed by atoms with Gasteiger partial charge in [-0.25, -0.2) is 0 Å². The van der Waals surface area contributed by atoms with Gasteiger partial charge in [-0.2, -0.15) is 13.2 Å². The Balaban J connectivity index is 2.92. The second-order valence-electron chi connectivity index (χ2n) is 4.54. The monoisotopic (exact) mass is 261 g/mol. The standard InChI is InChI=1S/C12H18F3N3/c1-17(2)4-5-18(3)11-7-9(12(13,14)15)6-10(16)8-11/h6-8H,4-5,16H2,1-3H3. The van der Waals surface area contributed by atoms with E-state index < -0.39 is 11.7 Å². The van der Waals surface area contributed by atoms with E-state index in [1.54, 1.807) is 18.0 Å². The van der Waals surface area contributed by atoms with Gasteiger partial charge < -0.3 is 15.5 Å². The first-order valence-corrected chi connectivity index (χ1v) is 5.54. The highest BCUT2D eigenvalue weighted by atomic mass is 19.4. The number of likely N-dealkylation sites (N-methyl/N-ethyl adjacent to an activating group) is 2. The molecule has 0 bridgehead atoms. The van der Waals surface area contributed by atoms with Gasteiger partial charge >= 0.3 is 6.18 Å². The molecule has 0 saturated heterocycles.